The number of benzene rings is 1. The van der Waals surface area contributed by atoms with Crippen molar-refractivity contribution in [3.8, 4) is 0 Å². The molecule has 3 nitrogen and oxygen atoms in total. The van der Waals surface area contributed by atoms with Crippen molar-refractivity contribution < 1.29 is 4.79 Å². The standard InChI is InChI=1S/C17H24Cl2N2O/c1-13(12-21-7-3-2-4-8-21)11-20-17(22)10-14-5-6-15(18)16(19)9-14/h5-6,9,13H,2-4,7-8,10-12H2,1H3,(H,20,22). The zero-order valence-electron chi connectivity index (χ0n) is 13.1. The molecular weight excluding hydrogens is 319 g/mol. The lowest BCUT2D eigenvalue weighted by molar-refractivity contribution is -0.120. The lowest BCUT2D eigenvalue weighted by atomic mass is 10.1. The molecule has 1 heterocycles. The van der Waals surface area contributed by atoms with Crippen molar-refractivity contribution in [3.05, 3.63) is 33.8 Å². The van der Waals surface area contributed by atoms with Gasteiger partial charge in [0.05, 0.1) is 16.5 Å². The summed E-state index contributed by atoms with van der Waals surface area (Å²) in [5.74, 6) is 0.500. The highest BCUT2D eigenvalue weighted by molar-refractivity contribution is 6.42. The van der Waals surface area contributed by atoms with E-state index in [0.717, 1.165) is 18.7 Å². The van der Waals surface area contributed by atoms with Crippen LogP contribution in [0.4, 0.5) is 0 Å². The van der Waals surface area contributed by atoms with E-state index in [-0.39, 0.29) is 5.91 Å². The Morgan fingerprint density at radius 3 is 2.64 bits per heavy atom. The Kier molecular flexibility index (Phi) is 7.00. The molecule has 1 unspecified atom stereocenters. The lowest BCUT2D eigenvalue weighted by Crippen LogP contribution is -2.38. The zero-order chi connectivity index (χ0) is 15.9. The van der Waals surface area contributed by atoms with Gasteiger partial charge in [-0.1, -0.05) is 42.6 Å². The number of amides is 1. The minimum absolute atomic E-state index is 0.0314. The summed E-state index contributed by atoms with van der Waals surface area (Å²) in [6.45, 7) is 6.36. The average molecular weight is 343 g/mol. The van der Waals surface area contributed by atoms with Crippen LogP contribution in [-0.4, -0.2) is 37.0 Å². The van der Waals surface area contributed by atoms with Crippen molar-refractivity contribution in [2.24, 2.45) is 5.92 Å². The molecule has 1 aliphatic heterocycles. The largest absolute Gasteiger partial charge is 0.355 e. The van der Waals surface area contributed by atoms with E-state index in [4.69, 9.17) is 23.2 Å². The highest BCUT2D eigenvalue weighted by atomic mass is 35.5. The van der Waals surface area contributed by atoms with Gasteiger partial charge in [0, 0.05) is 13.1 Å². The number of rotatable bonds is 6. The van der Waals surface area contributed by atoms with E-state index in [9.17, 15) is 4.79 Å². The number of carbonyl (C=O) groups excluding carboxylic acids is 1. The Morgan fingerprint density at radius 2 is 1.95 bits per heavy atom. The molecule has 1 amide bonds. The molecule has 1 aromatic rings. The van der Waals surface area contributed by atoms with E-state index in [2.05, 4.69) is 17.1 Å². The Morgan fingerprint density at radius 1 is 1.23 bits per heavy atom. The van der Waals surface area contributed by atoms with Crippen molar-refractivity contribution in [1.82, 2.24) is 10.2 Å². The summed E-state index contributed by atoms with van der Waals surface area (Å²) < 4.78 is 0. The molecule has 22 heavy (non-hydrogen) atoms. The molecule has 1 atom stereocenters. The van der Waals surface area contributed by atoms with Crippen molar-refractivity contribution in [1.29, 1.82) is 0 Å². The second-order valence-electron chi connectivity index (χ2n) is 6.20. The molecule has 1 aliphatic rings. The van der Waals surface area contributed by atoms with E-state index >= 15 is 0 Å². The number of nitrogens with zero attached hydrogens (tertiary/aromatic N) is 1. The lowest BCUT2D eigenvalue weighted by Gasteiger charge is -2.29. The third-order valence-electron chi connectivity index (χ3n) is 4.01. The van der Waals surface area contributed by atoms with Gasteiger partial charge in [-0.25, -0.2) is 0 Å². The molecule has 0 bridgehead atoms. The Balaban J connectivity index is 1.71. The summed E-state index contributed by atoms with van der Waals surface area (Å²) in [4.78, 5) is 14.5. The van der Waals surface area contributed by atoms with Crippen LogP contribution in [0.15, 0.2) is 18.2 Å². The quantitative estimate of drug-likeness (QED) is 0.853. The molecule has 0 aromatic heterocycles. The SMILES string of the molecule is CC(CNC(=O)Cc1ccc(Cl)c(Cl)c1)CN1CCCCC1. The maximum atomic E-state index is 12.0. The first kappa shape index (κ1) is 17.6. The second kappa shape index (κ2) is 8.76. The fourth-order valence-electron chi connectivity index (χ4n) is 2.83. The van der Waals surface area contributed by atoms with Gasteiger partial charge in [-0.15, -0.1) is 0 Å². The second-order valence-corrected chi connectivity index (χ2v) is 7.01. The third kappa shape index (κ3) is 5.79. The Labute approximate surface area is 143 Å². The third-order valence-corrected chi connectivity index (χ3v) is 4.75. The number of piperidine rings is 1. The molecule has 0 aliphatic carbocycles. The minimum atomic E-state index is 0.0314. The van der Waals surface area contributed by atoms with E-state index in [1.54, 1.807) is 12.1 Å². The van der Waals surface area contributed by atoms with Crippen LogP contribution in [0.2, 0.25) is 10.0 Å². The molecule has 1 aromatic carbocycles. The van der Waals surface area contributed by atoms with Crippen LogP contribution in [0.25, 0.3) is 0 Å². The summed E-state index contributed by atoms with van der Waals surface area (Å²) >= 11 is 11.8. The molecule has 122 valence electrons. The fraction of sp³-hybridized carbons (Fsp3) is 0.588. The van der Waals surface area contributed by atoms with Crippen molar-refractivity contribution in [2.75, 3.05) is 26.2 Å². The van der Waals surface area contributed by atoms with Crippen LogP contribution in [0.5, 0.6) is 0 Å². The maximum Gasteiger partial charge on any atom is 0.224 e. The van der Waals surface area contributed by atoms with Gasteiger partial charge in [-0.3, -0.25) is 4.79 Å². The van der Waals surface area contributed by atoms with E-state index in [1.165, 1.54) is 32.4 Å². The van der Waals surface area contributed by atoms with Gasteiger partial charge in [-0.05, 0) is 49.5 Å². The van der Waals surface area contributed by atoms with Gasteiger partial charge in [-0.2, -0.15) is 0 Å². The summed E-state index contributed by atoms with van der Waals surface area (Å²) in [5.41, 5.74) is 0.885. The van der Waals surface area contributed by atoms with Gasteiger partial charge in [0.15, 0.2) is 0 Å². The van der Waals surface area contributed by atoms with Gasteiger partial charge in [0.1, 0.15) is 0 Å². The number of hydrogen-bond donors (Lipinski definition) is 1. The molecule has 1 fully saturated rings. The van der Waals surface area contributed by atoms with E-state index in [1.807, 2.05) is 6.07 Å². The van der Waals surface area contributed by atoms with Crippen LogP contribution < -0.4 is 5.32 Å². The molecule has 1 saturated heterocycles. The van der Waals surface area contributed by atoms with Crippen molar-refractivity contribution in [2.45, 2.75) is 32.6 Å². The topological polar surface area (TPSA) is 32.3 Å². The smallest absolute Gasteiger partial charge is 0.224 e. The molecule has 0 radical (unpaired) electrons. The molecule has 0 saturated carbocycles. The van der Waals surface area contributed by atoms with Gasteiger partial charge < -0.3 is 10.2 Å². The minimum Gasteiger partial charge on any atom is -0.355 e. The molecule has 0 spiro atoms. The summed E-state index contributed by atoms with van der Waals surface area (Å²) in [7, 11) is 0. The monoisotopic (exact) mass is 342 g/mol. The van der Waals surface area contributed by atoms with Crippen LogP contribution in [-0.2, 0) is 11.2 Å². The number of nitrogens with one attached hydrogen (secondary N) is 1. The average Bonchev–Trinajstić information content (AvgIpc) is 2.50. The van der Waals surface area contributed by atoms with Gasteiger partial charge in [0.2, 0.25) is 5.91 Å². The number of hydrogen-bond acceptors (Lipinski definition) is 2. The first-order chi connectivity index (χ1) is 10.5. The zero-order valence-corrected chi connectivity index (χ0v) is 14.6. The van der Waals surface area contributed by atoms with Crippen LogP contribution in [0, 0.1) is 5.92 Å². The van der Waals surface area contributed by atoms with Crippen molar-refractivity contribution >= 4 is 29.1 Å². The first-order valence-corrected chi connectivity index (χ1v) is 8.73. The van der Waals surface area contributed by atoms with Crippen LogP contribution in [0.3, 0.4) is 0 Å². The summed E-state index contributed by atoms with van der Waals surface area (Å²) in [5, 5.41) is 4.02. The predicted molar refractivity (Wildman–Crippen MR) is 92.6 cm³/mol. The highest BCUT2D eigenvalue weighted by Gasteiger charge is 2.14. The van der Waals surface area contributed by atoms with Crippen LogP contribution >= 0.6 is 23.2 Å². The molecule has 5 heteroatoms. The normalized spacial score (nSPS) is 17.2. The fourth-order valence-corrected chi connectivity index (χ4v) is 3.15. The van der Waals surface area contributed by atoms with Crippen molar-refractivity contribution in [3.63, 3.8) is 0 Å². The number of likely N-dealkylation sites (tertiary alicyclic amines) is 1. The molecule has 1 N–H and O–H groups in total. The number of halogens is 2. The van der Waals surface area contributed by atoms with Crippen LogP contribution in [0.1, 0.15) is 31.7 Å². The van der Waals surface area contributed by atoms with Gasteiger partial charge in [0.25, 0.3) is 0 Å². The van der Waals surface area contributed by atoms with Gasteiger partial charge >= 0.3 is 0 Å². The number of carbonyl (C=O) groups is 1. The van der Waals surface area contributed by atoms with E-state index in [0.29, 0.717) is 22.4 Å². The van der Waals surface area contributed by atoms with E-state index < -0.39 is 0 Å². The predicted octanol–water partition coefficient (Wildman–Crippen LogP) is 3.77. The molecule has 2 rings (SSSR count). The maximum absolute atomic E-state index is 12.0. The highest BCUT2D eigenvalue weighted by Crippen LogP contribution is 2.22. The molecular formula is C17H24Cl2N2O. The Hall–Kier alpha value is -0.770. The Bertz CT molecular complexity index is 501. The first-order valence-electron chi connectivity index (χ1n) is 7.97. The summed E-state index contributed by atoms with van der Waals surface area (Å²) in [6.07, 6.45) is 4.30. The summed E-state index contributed by atoms with van der Waals surface area (Å²) in [6, 6.07) is 5.32.